The quantitative estimate of drug-likeness (QED) is 0.740. The maximum absolute atomic E-state index is 11.8. The fourth-order valence-electron chi connectivity index (χ4n) is 1.75. The first-order valence-electron chi connectivity index (χ1n) is 5.24. The van der Waals surface area contributed by atoms with Crippen molar-refractivity contribution in [3.05, 3.63) is 23.8 Å². The molecule has 0 aliphatic heterocycles. The van der Waals surface area contributed by atoms with Crippen LogP contribution < -0.4 is 0 Å². The number of furan rings is 2. The Hall–Kier alpha value is -1.55. The van der Waals surface area contributed by atoms with E-state index >= 15 is 0 Å². The fraction of sp³-hybridized carbons (Fsp3) is 0.417. The molecule has 0 saturated carbocycles. The zero-order valence-corrected chi connectivity index (χ0v) is 9.69. The van der Waals surface area contributed by atoms with E-state index in [1.165, 1.54) is 0 Å². The molecule has 0 spiro atoms. The minimum absolute atomic E-state index is 0.128. The highest BCUT2D eigenvalue weighted by molar-refractivity contribution is 5.99. The Morgan fingerprint density at radius 2 is 2.25 bits per heavy atom. The number of carbonyl (C=O) groups is 1. The molecule has 0 amide bonds. The number of esters is 1. The minimum atomic E-state index is -0.316. The van der Waals surface area contributed by atoms with Gasteiger partial charge in [0.1, 0.15) is 22.8 Å². The van der Waals surface area contributed by atoms with Crippen molar-refractivity contribution in [2.24, 2.45) is 0 Å². The summed E-state index contributed by atoms with van der Waals surface area (Å²) in [4.78, 5) is 13.7. The van der Waals surface area contributed by atoms with E-state index in [0.717, 1.165) is 0 Å². The highest BCUT2D eigenvalue weighted by Crippen LogP contribution is 2.22. The number of fused-ring (bicyclic) bond motifs is 2. The number of hydrogen-bond acceptors (Lipinski definition) is 4. The molecule has 1 unspecified atom stereocenters. The van der Waals surface area contributed by atoms with Gasteiger partial charge in [0, 0.05) is 6.54 Å². The average Bonchev–Trinajstić information content (AvgIpc) is 2.76. The molecule has 2 bridgehead atoms. The second kappa shape index (κ2) is 4.14. The molecule has 86 valence electrons. The first-order chi connectivity index (χ1) is 7.56. The van der Waals surface area contributed by atoms with E-state index in [1.807, 2.05) is 32.0 Å². The lowest BCUT2D eigenvalue weighted by molar-refractivity contribution is 0.0291. The van der Waals surface area contributed by atoms with Crippen molar-refractivity contribution in [1.82, 2.24) is 4.90 Å². The minimum Gasteiger partial charge on any atom is -0.458 e. The van der Waals surface area contributed by atoms with Crippen LogP contribution in [0.15, 0.2) is 22.6 Å². The molecule has 16 heavy (non-hydrogen) atoms. The van der Waals surface area contributed by atoms with Gasteiger partial charge in [-0.1, -0.05) is 0 Å². The molecule has 0 radical (unpaired) electrons. The molecule has 4 heteroatoms. The van der Waals surface area contributed by atoms with Crippen molar-refractivity contribution in [2.45, 2.75) is 13.0 Å². The third kappa shape index (κ3) is 2.17. The number of carbonyl (C=O) groups excluding carboxylic acids is 1. The molecule has 4 nitrogen and oxygen atoms in total. The van der Waals surface area contributed by atoms with Crippen LogP contribution in [0.2, 0.25) is 0 Å². The van der Waals surface area contributed by atoms with Crippen LogP contribution in [-0.2, 0) is 4.74 Å². The van der Waals surface area contributed by atoms with Gasteiger partial charge in [-0.05, 0) is 39.2 Å². The van der Waals surface area contributed by atoms with E-state index < -0.39 is 0 Å². The number of hydrogen-bond donors (Lipinski definition) is 0. The van der Waals surface area contributed by atoms with Gasteiger partial charge in [0.2, 0.25) is 0 Å². The Morgan fingerprint density at radius 1 is 1.50 bits per heavy atom. The maximum atomic E-state index is 11.8. The van der Waals surface area contributed by atoms with Gasteiger partial charge < -0.3 is 14.1 Å². The first-order valence-corrected chi connectivity index (χ1v) is 5.24. The van der Waals surface area contributed by atoms with E-state index in [4.69, 9.17) is 9.15 Å². The number of likely N-dealkylation sites (N-methyl/N-ethyl adjacent to an activating group) is 1. The lowest BCUT2D eigenvalue weighted by Gasteiger charge is -2.17. The molecule has 0 N–H and O–H groups in total. The summed E-state index contributed by atoms with van der Waals surface area (Å²) in [7, 11) is 3.88. The van der Waals surface area contributed by atoms with Crippen molar-refractivity contribution >= 4 is 17.1 Å². The number of ether oxygens (including phenoxy) is 1. The Morgan fingerprint density at radius 3 is 2.75 bits per heavy atom. The molecule has 2 aromatic rings. The maximum Gasteiger partial charge on any atom is 0.342 e. The van der Waals surface area contributed by atoms with Gasteiger partial charge in [-0.2, -0.15) is 0 Å². The molecule has 1 atom stereocenters. The predicted octanol–water partition coefficient (Wildman–Crippen LogP) is 1.98. The summed E-state index contributed by atoms with van der Waals surface area (Å²) in [5.74, 6) is -0.316. The van der Waals surface area contributed by atoms with Gasteiger partial charge >= 0.3 is 5.97 Å². The molecule has 0 aliphatic rings. The molecule has 2 rings (SSSR count). The van der Waals surface area contributed by atoms with E-state index in [0.29, 0.717) is 23.3 Å². The van der Waals surface area contributed by atoms with Gasteiger partial charge in [0.05, 0.1) is 0 Å². The van der Waals surface area contributed by atoms with E-state index in [9.17, 15) is 4.79 Å². The number of rotatable bonds is 4. The molecule has 0 saturated heterocycles. The normalized spacial score (nSPS) is 13.5. The standard InChI is InChI=1S/C12H15NO3/c1-8(7-13(2)3)15-12(14)10-6-9-4-5-11(10)16-9/h4-6,8H,7H2,1-3H3. The summed E-state index contributed by atoms with van der Waals surface area (Å²) in [5, 5.41) is 0. The second-order valence-electron chi connectivity index (χ2n) is 4.24. The number of benzene rings is 1. The van der Waals surface area contributed by atoms with Crippen LogP contribution in [0, 0.1) is 0 Å². The lowest BCUT2D eigenvalue weighted by atomic mass is 10.2. The molecule has 0 aliphatic carbocycles. The Bertz CT molecular complexity index is 475. The topological polar surface area (TPSA) is 42.7 Å². The number of nitrogens with zero attached hydrogens (tertiary/aromatic N) is 1. The van der Waals surface area contributed by atoms with Crippen LogP contribution in [0.3, 0.4) is 0 Å². The smallest absolute Gasteiger partial charge is 0.342 e. The van der Waals surface area contributed by atoms with Crippen molar-refractivity contribution in [2.75, 3.05) is 20.6 Å². The van der Waals surface area contributed by atoms with Crippen molar-refractivity contribution in [3.63, 3.8) is 0 Å². The van der Waals surface area contributed by atoms with Crippen LogP contribution in [0.5, 0.6) is 0 Å². The summed E-state index contributed by atoms with van der Waals surface area (Å²) in [6.45, 7) is 2.59. The third-order valence-electron chi connectivity index (χ3n) is 2.33. The molecule has 2 heterocycles. The van der Waals surface area contributed by atoms with Crippen LogP contribution in [0.25, 0.3) is 11.2 Å². The molecular weight excluding hydrogens is 206 g/mol. The van der Waals surface area contributed by atoms with E-state index in [-0.39, 0.29) is 12.1 Å². The van der Waals surface area contributed by atoms with Gasteiger partial charge in [-0.15, -0.1) is 0 Å². The highest BCUT2D eigenvalue weighted by Gasteiger charge is 2.18. The zero-order valence-electron chi connectivity index (χ0n) is 9.69. The van der Waals surface area contributed by atoms with Crippen LogP contribution >= 0.6 is 0 Å². The molecule has 0 aromatic carbocycles. The highest BCUT2D eigenvalue weighted by atomic mass is 16.5. The predicted molar refractivity (Wildman–Crippen MR) is 60.8 cm³/mol. The van der Waals surface area contributed by atoms with Gasteiger partial charge in [0.15, 0.2) is 0 Å². The summed E-state index contributed by atoms with van der Waals surface area (Å²) >= 11 is 0. The third-order valence-corrected chi connectivity index (χ3v) is 2.33. The Labute approximate surface area is 94.1 Å². The van der Waals surface area contributed by atoms with Crippen molar-refractivity contribution < 1.29 is 13.9 Å². The van der Waals surface area contributed by atoms with Crippen LogP contribution in [0.4, 0.5) is 0 Å². The Kier molecular flexibility index (Phi) is 2.83. The molecule has 0 fully saturated rings. The first kappa shape index (κ1) is 11.0. The summed E-state index contributed by atoms with van der Waals surface area (Å²) in [5.41, 5.74) is 1.82. The Balaban J connectivity index is 2.00. The summed E-state index contributed by atoms with van der Waals surface area (Å²) in [6.07, 6.45) is -0.128. The second-order valence-corrected chi connectivity index (χ2v) is 4.24. The van der Waals surface area contributed by atoms with Gasteiger partial charge in [-0.25, -0.2) is 4.79 Å². The van der Waals surface area contributed by atoms with E-state index in [1.54, 1.807) is 12.1 Å². The van der Waals surface area contributed by atoms with Crippen LogP contribution in [0.1, 0.15) is 17.3 Å². The zero-order chi connectivity index (χ0) is 11.7. The molecule has 2 aromatic heterocycles. The van der Waals surface area contributed by atoms with Crippen molar-refractivity contribution in [1.29, 1.82) is 0 Å². The SMILES string of the molecule is CC(CN(C)C)OC(=O)c1cc2ccc1o2. The molecular formula is C12H15NO3. The van der Waals surface area contributed by atoms with Crippen molar-refractivity contribution in [3.8, 4) is 0 Å². The van der Waals surface area contributed by atoms with E-state index in [2.05, 4.69) is 0 Å². The lowest BCUT2D eigenvalue weighted by Crippen LogP contribution is -2.27. The average molecular weight is 221 g/mol. The van der Waals surface area contributed by atoms with Gasteiger partial charge in [0.25, 0.3) is 0 Å². The van der Waals surface area contributed by atoms with Gasteiger partial charge in [-0.3, -0.25) is 0 Å². The van der Waals surface area contributed by atoms with Crippen LogP contribution in [-0.4, -0.2) is 37.6 Å². The fourth-order valence-corrected chi connectivity index (χ4v) is 1.75. The summed E-state index contributed by atoms with van der Waals surface area (Å²) < 4.78 is 10.6. The monoisotopic (exact) mass is 221 g/mol. The largest absolute Gasteiger partial charge is 0.458 e. The summed E-state index contributed by atoms with van der Waals surface area (Å²) in [6, 6.07) is 5.32.